The average Bonchev–Trinajstić information content (AvgIpc) is 3.40. The van der Waals surface area contributed by atoms with Crippen LogP contribution < -0.4 is 5.32 Å². The number of carbonyl (C=O) groups excluding carboxylic acids is 3. The number of thioether (sulfide) groups is 1. The first-order chi connectivity index (χ1) is 15.9. The lowest BCUT2D eigenvalue weighted by Crippen LogP contribution is -2.29. The van der Waals surface area contributed by atoms with Gasteiger partial charge in [0.15, 0.2) is 5.82 Å². The minimum atomic E-state index is -0.353. The SMILES string of the molecule is Cc1ccc(/C=C2\SC(=O)N(CCCC(=O)Nc3ccc(-c4nnn[nH]4)c(O)c3)C2=O)cc1. The fraction of sp³-hybridized carbons (Fsp3) is 0.182. The first-order valence-electron chi connectivity index (χ1n) is 10.1. The summed E-state index contributed by atoms with van der Waals surface area (Å²) in [6.45, 7) is 2.12. The third-order valence-electron chi connectivity index (χ3n) is 4.92. The van der Waals surface area contributed by atoms with Crippen molar-refractivity contribution in [3.63, 3.8) is 0 Å². The number of phenolic OH excluding ortho intramolecular Hbond substituents is 1. The van der Waals surface area contributed by atoms with Crippen molar-refractivity contribution in [2.75, 3.05) is 11.9 Å². The molecule has 0 atom stereocenters. The van der Waals surface area contributed by atoms with Gasteiger partial charge in [0, 0.05) is 24.7 Å². The molecule has 3 N–H and O–H groups in total. The zero-order valence-corrected chi connectivity index (χ0v) is 18.4. The molecule has 2 heterocycles. The van der Waals surface area contributed by atoms with Gasteiger partial charge in [-0.3, -0.25) is 19.3 Å². The molecule has 3 amide bonds. The summed E-state index contributed by atoms with van der Waals surface area (Å²) in [5.74, 6) is -0.442. The van der Waals surface area contributed by atoms with Crippen LogP contribution in [0.5, 0.6) is 5.75 Å². The van der Waals surface area contributed by atoms with Gasteiger partial charge in [0.1, 0.15) is 5.75 Å². The Morgan fingerprint density at radius 2 is 2.00 bits per heavy atom. The molecule has 1 aliphatic rings. The van der Waals surface area contributed by atoms with Crippen molar-refractivity contribution in [2.45, 2.75) is 19.8 Å². The van der Waals surface area contributed by atoms with Crippen molar-refractivity contribution >= 4 is 40.6 Å². The molecular formula is C22H20N6O4S. The van der Waals surface area contributed by atoms with E-state index in [1.165, 1.54) is 6.07 Å². The summed E-state index contributed by atoms with van der Waals surface area (Å²) in [5.41, 5.74) is 2.76. The number of amides is 3. The van der Waals surface area contributed by atoms with Crippen LogP contribution in [0.25, 0.3) is 17.5 Å². The van der Waals surface area contributed by atoms with Crippen LogP contribution in [0.4, 0.5) is 10.5 Å². The number of aromatic amines is 1. The zero-order chi connectivity index (χ0) is 23.4. The van der Waals surface area contributed by atoms with Crippen LogP contribution >= 0.6 is 11.8 Å². The predicted molar refractivity (Wildman–Crippen MR) is 123 cm³/mol. The molecular weight excluding hydrogens is 444 g/mol. The van der Waals surface area contributed by atoms with Crippen LogP contribution in [0.1, 0.15) is 24.0 Å². The summed E-state index contributed by atoms with van der Waals surface area (Å²) in [4.78, 5) is 38.6. The maximum Gasteiger partial charge on any atom is 0.293 e. The summed E-state index contributed by atoms with van der Waals surface area (Å²) in [6.07, 6.45) is 2.12. The van der Waals surface area contributed by atoms with E-state index in [1.807, 2.05) is 31.2 Å². The van der Waals surface area contributed by atoms with Crippen molar-refractivity contribution in [1.82, 2.24) is 25.5 Å². The van der Waals surface area contributed by atoms with Gasteiger partial charge in [0.05, 0.1) is 10.5 Å². The smallest absolute Gasteiger partial charge is 0.293 e. The van der Waals surface area contributed by atoms with Gasteiger partial charge in [0.25, 0.3) is 11.1 Å². The van der Waals surface area contributed by atoms with Gasteiger partial charge in [-0.25, -0.2) is 5.10 Å². The standard InChI is InChI=1S/C22H20N6O4S/c1-13-4-6-14(7-5-13)11-18-21(31)28(22(32)33-18)10-2-3-19(30)23-15-8-9-16(17(29)12-15)20-24-26-27-25-20/h4-9,11-12,29H,2-3,10H2,1H3,(H,23,30)(H,24,25,26,27)/b18-11-. The lowest BCUT2D eigenvalue weighted by atomic mass is 10.1. The molecule has 10 nitrogen and oxygen atoms in total. The van der Waals surface area contributed by atoms with E-state index in [4.69, 9.17) is 0 Å². The molecule has 4 rings (SSSR count). The molecule has 2 aromatic carbocycles. The Kier molecular flexibility index (Phi) is 6.50. The van der Waals surface area contributed by atoms with Crippen LogP contribution in [-0.4, -0.2) is 54.2 Å². The number of imide groups is 1. The minimum Gasteiger partial charge on any atom is -0.507 e. The third-order valence-corrected chi connectivity index (χ3v) is 5.82. The molecule has 1 aromatic heterocycles. The summed E-state index contributed by atoms with van der Waals surface area (Å²) in [6, 6.07) is 12.2. The number of nitrogens with one attached hydrogen (secondary N) is 2. The molecule has 3 aromatic rings. The number of hydrogen-bond donors (Lipinski definition) is 3. The first-order valence-corrected chi connectivity index (χ1v) is 10.9. The number of carbonyl (C=O) groups is 3. The second-order valence-electron chi connectivity index (χ2n) is 7.38. The van der Waals surface area contributed by atoms with E-state index >= 15 is 0 Å². The fourth-order valence-corrected chi connectivity index (χ4v) is 4.08. The minimum absolute atomic E-state index is 0.0930. The Balaban J connectivity index is 1.29. The maximum absolute atomic E-state index is 12.6. The van der Waals surface area contributed by atoms with E-state index in [0.29, 0.717) is 28.4 Å². The van der Waals surface area contributed by atoms with Crippen molar-refractivity contribution < 1.29 is 19.5 Å². The van der Waals surface area contributed by atoms with Crippen molar-refractivity contribution in [1.29, 1.82) is 0 Å². The number of rotatable bonds is 7. The maximum atomic E-state index is 12.6. The molecule has 0 spiro atoms. The van der Waals surface area contributed by atoms with Crippen LogP contribution in [0.15, 0.2) is 47.4 Å². The Morgan fingerprint density at radius 3 is 2.70 bits per heavy atom. The Labute approximate surface area is 193 Å². The highest BCUT2D eigenvalue weighted by atomic mass is 32.2. The number of phenols is 1. The number of nitrogens with zero attached hydrogens (tertiary/aromatic N) is 4. The van der Waals surface area contributed by atoms with Gasteiger partial charge in [0.2, 0.25) is 5.91 Å². The third kappa shape index (κ3) is 5.26. The van der Waals surface area contributed by atoms with Crippen LogP contribution in [0, 0.1) is 6.92 Å². The monoisotopic (exact) mass is 464 g/mol. The lowest BCUT2D eigenvalue weighted by Gasteiger charge is -2.12. The summed E-state index contributed by atoms with van der Waals surface area (Å²) < 4.78 is 0. The highest BCUT2D eigenvalue weighted by Gasteiger charge is 2.34. The van der Waals surface area contributed by atoms with Gasteiger partial charge in [-0.05, 0) is 59.3 Å². The number of benzene rings is 2. The topological polar surface area (TPSA) is 141 Å². The predicted octanol–water partition coefficient (Wildman–Crippen LogP) is 3.34. The highest BCUT2D eigenvalue weighted by Crippen LogP contribution is 2.32. The molecule has 1 fully saturated rings. The molecule has 1 saturated heterocycles. The second kappa shape index (κ2) is 9.65. The Hall–Kier alpha value is -3.99. The lowest BCUT2D eigenvalue weighted by molar-refractivity contribution is -0.123. The van der Waals surface area contributed by atoms with Gasteiger partial charge >= 0.3 is 0 Å². The Morgan fingerprint density at radius 1 is 1.21 bits per heavy atom. The molecule has 168 valence electrons. The van der Waals surface area contributed by atoms with E-state index in [-0.39, 0.29) is 35.8 Å². The number of anilines is 1. The van der Waals surface area contributed by atoms with Crippen molar-refractivity contribution in [3.05, 3.63) is 58.5 Å². The number of tetrazole rings is 1. The quantitative estimate of drug-likeness (QED) is 0.452. The van der Waals surface area contributed by atoms with E-state index in [1.54, 1.807) is 18.2 Å². The van der Waals surface area contributed by atoms with Crippen LogP contribution in [-0.2, 0) is 9.59 Å². The molecule has 33 heavy (non-hydrogen) atoms. The van der Waals surface area contributed by atoms with Crippen molar-refractivity contribution in [3.8, 4) is 17.1 Å². The molecule has 0 radical (unpaired) electrons. The van der Waals surface area contributed by atoms with Crippen LogP contribution in [0.3, 0.4) is 0 Å². The van der Waals surface area contributed by atoms with Gasteiger partial charge in [-0.1, -0.05) is 29.8 Å². The average molecular weight is 465 g/mol. The van der Waals surface area contributed by atoms with E-state index < -0.39 is 0 Å². The molecule has 11 heteroatoms. The largest absolute Gasteiger partial charge is 0.507 e. The number of aromatic hydroxyl groups is 1. The van der Waals surface area contributed by atoms with E-state index in [2.05, 4.69) is 25.9 Å². The molecule has 0 unspecified atom stereocenters. The number of hydrogen-bond acceptors (Lipinski definition) is 8. The number of aromatic nitrogens is 4. The van der Waals surface area contributed by atoms with E-state index in [0.717, 1.165) is 27.8 Å². The number of aryl methyl sites for hydroxylation is 1. The highest BCUT2D eigenvalue weighted by molar-refractivity contribution is 8.18. The second-order valence-corrected chi connectivity index (χ2v) is 8.37. The summed E-state index contributed by atoms with van der Waals surface area (Å²) in [5, 5.41) is 25.7. The normalized spacial score (nSPS) is 14.8. The Bertz CT molecular complexity index is 1220. The molecule has 0 saturated carbocycles. The summed E-state index contributed by atoms with van der Waals surface area (Å²) in [7, 11) is 0. The van der Waals surface area contributed by atoms with Gasteiger partial charge in [-0.15, -0.1) is 5.10 Å². The first kappa shape index (κ1) is 22.2. The summed E-state index contributed by atoms with van der Waals surface area (Å²) >= 11 is 0.898. The van der Waals surface area contributed by atoms with Crippen molar-refractivity contribution in [2.24, 2.45) is 0 Å². The molecule has 0 bridgehead atoms. The molecule has 1 aliphatic heterocycles. The number of H-pyrrole nitrogens is 1. The fourth-order valence-electron chi connectivity index (χ4n) is 3.21. The molecule has 0 aliphatic carbocycles. The van der Waals surface area contributed by atoms with Gasteiger partial charge in [-0.2, -0.15) is 0 Å². The van der Waals surface area contributed by atoms with E-state index in [9.17, 15) is 19.5 Å². The van der Waals surface area contributed by atoms with Gasteiger partial charge < -0.3 is 10.4 Å². The van der Waals surface area contributed by atoms with Crippen LogP contribution in [0.2, 0.25) is 0 Å². The zero-order valence-electron chi connectivity index (χ0n) is 17.6.